The van der Waals surface area contributed by atoms with Gasteiger partial charge in [0.15, 0.2) is 0 Å². The van der Waals surface area contributed by atoms with E-state index in [9.17, 15) is 4.39 Å². The Hall–Kier alpha value is -1.62. The van der Waals surface area contributed by atoms with E-state index in [0.717, 1.165) is 41.2 Å². The summed E-state index contributed by atoms with van der Waals surface area (Å²) >= 11 is 19.7. The summed E-state index contributed by atoms with van der Waals surface area (Å²) in [7, 11) is 0. The van der Waals surface area contributed by atoms with Gasteiger partial charge in [0.25, 0.3) is 0 Å². The third kappa shape index (κ3) is 4.82. The second-order valence-electron chi connectivity index (χ2n) is 7.52. The third-order valence-corrected chi connectivity index (χ3v) is 6.50. The standard InChI is InChI=1S/C24H22Cl3FN2/c25-20-6-2-1-5-18(20)16-30-14-4-13-29(15-17-9-11-19(28)12-10-17)24(30)23-21(26)7-3-8-22(23)27/h1-3,5-12,24H,4,13-16H2/t24-/m1/s1. The molecule has 0 bridgehead atoms. The highest BCUT2D eigenvalue weighted by Crippen LogP contribution is 2.39. The lowest BCUT2D eigenvalue weighted by Crippen LogP contribution is -2.47. The zero-order valence-corrected chi connectivity index (χ0v) is 18.6. The first-order valence-electron chi connectivity index (χ1n) is 9.93. The number of nitrogens with zero attached hydrogens (tertiary/aromatic N) is 2. The molecular formula is C24H22Cl3FN2. The molecule has 4 rings (SSSR count). The molecule has 3 aromatic rings. The van der Waals surface area contributed by atoms with Gasteiger partial charge < -0.3 is 0 Å². The minimum absolute atomic E-state index is 0.110. The van der Waals surface area contributed by atoms with Gasteiger partial charge in [-0.15, -0.1) is 0 Å². The molecule has 3 aromatic carbocycles. The van der Waals surface area contributed by atoms with Crippen molar-refractivity contribution in [2.75, 3.05) is 13.1 Å². The largest absolute Gasteiger partial charge is 0.280 e. The van der Waals surface area contributed by atoms with E-state index in [1.54, 1.807) is 0 Å². The van der Waals surface area contributed by atoms with Crippen LogP contribution in [0.4, 0.5) is 4.39 Å². The van der Waals surface area contributed by atoms with Gasteiger partial charge in [-0.1, -0.05) is 71.2 Å². The zero-order valence-electron chi connectivity index (χ0n) is 16.4. The first-order chi connectivity index (χ1) is 14.5. The normalized spacial score (nSPS) is 17.9. The third-order valence-electron chi connectivity index (χ3n) is 5.47. The van der Waals surface area contributed by atoms with Crippen LogP contribution in [0, 0.1) is 5.82 Å². The molecule has 0 saturated carbocycles. The maximum atomic E-state index is 13.4. The van der Waals surface area contributed by atoms with E-state index in [4.69, 9.17) is 34.8 Å². The van der Waals surface area contributed by atoms with Crippen LogP contribution in [0.1, 0.15) is 29.3 Å². The SMILES string of the molecule is Fc1ccc(CN2CCCN(Cc3ccccc3Cl)[C@@H]2c2c(Cl)cccc2Cl)cc1. The van der Waals surface area contributed by atoms with Gasteiger partial charge in [0.05, 0.1) is 6.17 Å². The number of benzene rings is 3. The fourth-order valence-corrected chi connectivity index (χ4v) is 4.86. The molecular weight excluding hydrogens is 442 g/mol. The number of halogens is 4. The lowest BCUT2D eigenvalue weighted by atomic mass is 10.0. The first-order valence-corrected chi connectivity index (χ1v) is 11.1. The minimum atomic E-state index is -0.233. The zero-order chi connectivity index (χ0) is 21.1. The van der Waals surface area contributed by atoms with E-state index < -0.39 is 0 Å². The van der Waals surface area contributed by atoms with E-state index in [1.807, 2.05) is 54.6 Å². The van der Waals surface area contributed by atoms with Crippen molar-refractivity contribution in [3.63, 3.8) is 0 Å². The molecule has 0 spiro atoms. The van der Waals surface area contributed by atoms with Crippen molar-refractivity contribution in [2.45, 2.75) is 25.7 Å². The summed E-state index contributed by atoms with van der Waals surface area (Å²) < 4.78 is 13.4. The molecule has 1 saturated heterocycles. The van der Waals surface area contributed by atoms with E-state index in [2.05, 4.69) is 9.80 Å². The predicted molar refractivity (Wildman–Crippen MR) is 122 cm³/mol. The molecule has 1 fully saturated rings. The van der Waals surface area contributed by atoms with Gasteiger partial charge >= 0.3 is 0 Å². The molecule has 2 nitrogen and oxygen atoms in total. The van der Waals surface area contributed by atoms with Gasteiger partial charge in [-0.3, -0.25) is 9.80 Å². The smallest absolute Gasteiger partial charge is 0.123 e. The highest BCUT2D eigenvalue weighted by Gasteiger charge is 2.33. The summed E-state index contributed by atoms with van der Waals surface area (Å²) in [4.78, 5) is 4.71. The van der Waals surface area contributed by atoms with Gasteiger partial charge in [0, 0.05) is 46.8 Å². The Labute approximate surface area is 191 Å². The van der Waals surface area contributed by atoms with Crippen LogP contribution in [0.5, 0.6) is 0 Å². The predicted octanol–water partition coefficient (Wildman–Crippen LogP) is 7.19. The Morgan fingerprint density at radius 1 is 0.733 bits per heavy atom. The molecule has 1 aliphatic rings. The first kappa shape index (κ1) is 21.6. The van der Waals surface area contributed by atoms with E-state index in [1.165, 1.54) is 12.1 Å². The molecule has 6 heteroatoms. The van der Waals surface area contributed by atoms with Gasteiger partial charge in [0.1, 0.15) is 5.82 Å². The maximum absolute atomic E-state index is 13.4. The second-order valence-corrected chi connectivity index (χ2v) is 8.74. The summed E-state index contributed by atoms with van der Waals surface area (Å²) in [6, 6.07) is 20.2. The van der Waals surface area contributed by atoms with Crippen LogP contribution in [0.15, 0.2) is 66.7 Å². The summed E-state index contributed by atoms with van der Waals surface area (Å²) in [6.07, 6.45) is 0.894. The lowest BCUT2D eigenvalue weighted by Gasteiger charge is -2.45. The van der Waals surface area contributed by atoms with Crippen LogP contribution in [-0.4, -0.2) is 22.9 Å². The molecule has 156 valence electrons. The molecule has 1 heterocycles. The second kappa shape index (κ2) is 9.67. The number of hydrogen-bond acceptors (Lipinski definition) is 2. The Morgan fingerprint density at radius 2 is 1.33 bits per heavy atom. The van der Waals surface area contributed by atoms with Crippen LogP contribution >= 0.6 is 34.8 Å². The van der Waals surface area contributed by atoms with Gasteiger partial charge in [0.2, 0.25) is 0 Å². The summed E-state index contributed by atoms with van der Waals surface area (Å²) in [5, 5.41) is 2.03. The van der Waals surface area contributed by atoms with Crippen molar-refractivity contribution < 1.29 is 4.39 Å². The fourth-order valence-electron chi connectivity index (χ4n) is 4.08. The van der Waals surface area contributed by atoms with Crippen molar-refractivity contribution in [3.8, 4) is 0 Å². The molecule has 30 heavy (non-hydrogen) atoms. The van der Waals surface area contributed by atoms with E-state index >= 15 is 0 Å². The molecule has 1 aliphatic heterocycles. The Bertz CT molecular complexity index is 989. The van der Waals surface area contributed by atoms with Crippen molar-refractivity contribution in [1.29, 1.82) is 0 Å². The molecule has 0 amide bonds. The highest BCUT2D eigenvalue weighted by molar-refractivity contribution is 6.36. The molecule has 0 aromatic heterocycles. The number of hydrogen-bond donors (Lipinski definition) is 0. The Balaban J connectivity index is 1.71. The summed E-state index contributed by atoms with van der Waals surface area (Å²) in [5.74, 6) is -0.233. The maximum Gasteiger partial charge on any atom is 0.123 e. The van der Waals surface area contributed by atoms with Crippen molar-refractivity contribution in [2.24, 2.45) is 0 Å². The highest BCUT2D eigenvalue weighted by atomic mass is 35.5. The molecule has 0 N–H and O–H groups in total. The quantitative estimate of drug-likeness (QED) is 0.395. The van der Waals surface area contributed by atoms with Gasteiger partial charge in [-0.05, 0) is 47.9 Å². The topological polar surface area (TPSA) is 6.48 Å². The van der Waals surface area contributed by atoms with Crippen LogP contribution < -0.4 is 0 Å². The Kier molecular flexibility index (Phi) is 6.97. The van der Waals surface area contributed by atoms with Gasteiger partial charge in [-0.25, -0.2) is 4.39 Å². The Morgan fingerprint density at radius 3 is 2.00 bits per heavy atom. The summed E-state index contributed by atoms with van der Waals surface area (Å²) in [6.45, 7) is 3.15. The molecule has 0 unspecified atom stereocenters. The van der Waals surface area contributed by atoms with E-state index in [-0.39, 0.29) is 12.0 Å². The molecule has 0 aliphatic carbocycles. The summed E-state index contributed by atoms with van der Waals surface area (Å²) in [5.41, 5.74) is 3.01. The number of rotatable bonds is 5. The van der Waals surface area contributed by atoms with Gasteiger partial charge in [-0.2, -0.15) is 0 Å². The van der Waals surface area contributed by atoms with Crippen LogP contribution in [-0.2, 0) is 13.1 Å². The van der Waals surface area contributed by atoms with Crippen LogP contribution in [0.25, 0.3) is 0 Å². The van der Waals surface area contributed by atoms with Crippen molar-refractivity contribution in [1.82, 2.24) is 9.80 Å². The van der Waals surface area contributed by atoms with E-state index in [0.29, 0.717) is 23.1 Å². The van der Waals surface area contributed by atoms with Crippen LogP contribution in [0.2, 0.25) is 15.1 Å². The lowest BCUT2D eigenvalue weighted by molar-refractivity contribution is -0.00896. The average Bonchev–Trinajstić information content (AvgIpc) is 2.73. The average molecular weight is 464 g/mol. The van der Waals surface area contributed by atoms with Crippen molar-refractivity contribution >= 4 is 34.8 Å². The van der Waals surface area contributed by atoms with Crippen molar-refractivity contribution in [3.05, 3.63) is 104 Å². The molecule has 1 atom stereocenters. The molecule has 0 radical (unpaired) electrons. The van der Waals surface area contributed by atoms with Crippen LogP contribution in [0.3, 0.4) is 0 Å². The minimum Gasteiger partial charge on any atom is -0.280 e. The fraction of sp³-hybridized carbons (Fsp3) is 0.250. The monoisotopic (exact) mass is 462 g/mol.